The molecule has 0 unspecified atom stereocenters. The molecule has 0 aliphatic rings. The van der Waals surface area contributed by atoms with Crippen molar-refractivity contribution in [1.82, 2.24) is 9.97 Å². The number of carbonyl (C=O) groups excluding carboxylic acids is 1. The van der Waals surface area contributed by atoms with Gasteiger partial charge >= 0.3 is 0 Å². The summed E-state index contributed by atoms with van der Waals surface area (Å²) in [6.07, 6.45) is -0.0507. The number of benzene rings is 2. The lowest BCUT2D eigenvalue weighted by Gasteiger charge is -2.12. The number of nitrogens with zero attached hydrogens (tertiary/aromatic N) is 1. The van der Waals surface area contributed by atoms with Crippen LogP contribution < -0.4 is 10.9 Å². The standard InChI is InChI=1S/C22H22FN3O2S/c1-13-5-4-6-14(2)20(13)25-19(27)11-18-15(3)24-22(26-21(18)28)29-12-16-7-9-17(23)10-8-16/h4-10H,11-12H2,1-3H3,(H,25,27)(H,24,26,28). The molecule has 0 spiro atoms. The first-order valence-electron chi connectivity index (χ1n) is 9.16. The molecule has 0 bridgehead atoms. The fraction of sp³-hybridized carbons (Fsp3) is 0.227. The molecular weight excluding hydrogens is 389 g/mol. The van der Waals surface area contributed by atoms with Crippen molar-refractivity contribution in [3.8, 4) is 0 Å². The van der Waals surface area contributed by atoms with E-state index in [1.54, 1.807) is 19.1 Å². The number of nitrogens with one attached hydrogen (secondary N) is 2. The Kier molecular flexibility index (Phi) is 6.49. The molecule has 3 aromatic rings. The van der Waals surface area contributed by atoms with E-state index in [1.807, 2.05) is 32.0 Å². The molecule has 0 aliphatic carbocycles. The number of aromatic amines is 1. The monoisotopic (exact) mass is 411 g/mol. The lowest BCUT2D eigenvalue weighted by Crippen LogP contribution is -2.24. The third-order valence-corrected chi connectivity index (χ3v) is 5.52. The molecule has 5 nitrogen and oxygen atoms in total. The molecule has 1 aromatic heterocycles. The van der Waals surface area contributed by atoms with Crippen LogP contribution in [0.15, 0.2) is 52.4 Å². The molecule has 0 saturated heterocycles. The first kappa shape index (κ1) is 20.8. The fourth-order valence-electron chi connectivity index (χ4n) is 2.95. The van der Waals surface area contributed by atoms with Gasteiger partial charge in [0.1, 0.15) is 5.82 Å². The van der Waals surface area contributed by atoms with Gasteiger partial charge in [0.2, 0.25) is 5.91 Å². The van der Waals surface area contributed by atoms with E-state index in [-0.39, 0.29) is 23.7 Å². The molecule has 0 aliphatic heterocycles. The van der Waals surface area contributed by atoms with Crippen LogP contribution in [0, 0.1) is 26.6 Å². The molecular formula is C22H22FN3O2S. The van der Waals surface area contributed by atoms with Crippen LogP contribution in [0.1, 0.15) is 27.9 Å². The van der Waals surface area contributed by atoms with Gasteiger partial charge in [-0.2, -0.15) is 0 Å². The summed E-state index contributed by atoms with van der Waals surface area (Å²) in [7, 11) is 0. The maximum absolute atomic E-state index is 13.0. The fourth-order valence-corrected chi connectivity index (χ4v) is 3.81. The quantitative estimate of drug-likeness (QED) is 0.468. The van der Waals surface area contributed by atoms with Crippen LogP contribution in [0.5, 0.6) is 0 Å². The molecule has 29 heavy (non-hydrogen) atoms. The summed E-state index contributed by atoms with van der Waals surface area (Å²) in [5, 5.41) is 3.36. The summed E-state index contributed by atoms with van der Waals surface area (Å²) >= 11 is 1.35. The van der Waals surface area contributed by atoms with Crippen LogP contribution in [-0.2, 0) is 17.0 Å². The minimum Gasteiger partial charge on any atom is -0.325 e. The van der Waals surface area contributed by atoms with Gasteiger partial charge in [-0.15, -0.1) is 0 Å². The van der Waals surface area contributed by atoms with Crippen LogP contribution in [-0.4, -0.2) is 15.9 Å². The molecule has 3 rings (SSSR count). The minimum atomic E-state index is -0.323. The lowest BCUT2D eigenvalue weighted by atomic mass is 10.1. The first-order chi connectivity index (χ1) is 13.8. The summed E-state index contributed by atoms with van der Waals surface area (Å²) < 4.78 is 13.0. The molecule has 1 amide bonds. The normalized spacial score (nSPS) is 10.8. The van der Waals surface area contributed by atoms with Gasteiger partial charge in [-0.25, -0.2) is 9.37 Å². The van der Waals surface area contributed by atoms with Crippen LogP contribution in [0.4, 0.5) is 10.1 Å². The van der Waals surface area contributed by atoms with Crippen molar-refractivity contribution in [1.29, 1.82) is 0 Å². The number of rotatable bonds is 6. The van der Waals surface area contributed by atoms with Gasteiger partial charge in [-0.1, -0.05) is 42.1 Å². The summed E-state index contributed by atoms with van der Waals surface area (Å²) in [5.41, 5.74) is 4.17. The Bertz CT molecular complexity index is 1070. The molecule has 2 aromatic carbocycles. The highest BCUT2D eigenvalue weighted by Gasteiger charge is 2.14. The highest BCUT2D eigenvalue weighted by Crippen LogP contribution is 2.21. The van der Waals surface area contributed by atoms with Gasteiger partial charge in [0.25, 0.3) is 5.56 Å². The predicted octanol–water partition coefficient (Wildman–Crippen LogP) is 4.31. The maximum atomic E-state index is 13.0. The van der Waals surface area contributed by atoms with E-state index in [4.69, 9.17) is 0 Å². The van der Waals surface area contributed by atoms with Gasteiger partial charge in [-0.05, 0) is 49.6 Å². The number of hydrogen-bond acceptors (Lipinski definition) is 4. The molecule has 2 N–H and O–H groups in total. The molecule has 0 atom stereocenters. The van der Waals surface area contributed by atoms with Crippen molar-refractivity contribution in [2.75, 3.05) is 5.32 Å². The number of H-pyrrole nitrogens is 1. The Labute approximate surface area is 172 Å². The zero-order valence-corrected chi connectivity index (χ0v) is 17.3. The second-order valence-electron chi connectivity index (χ2n) is 6.84. The van der Waals surface area contributed by atoms with Crippen molar-refractivity contribution in [3.05, 3.63) is 86.6 Å². The van der Waals surface area contributed by atoms with Crippen molar-refractivity contribution < 1.29 is 9.18 Å². The summed E-state index contributed by atoms with van der Waals surface area (Å²) in [4.78, 5) is 32.1. The highest BCUT2D eigenvalue weighted by atomic mass is 32.2. The zero-order chi connectivity index (χ0) is 21.0. The van der Waals surface area contributed by atoms with E-state index in [0.29, 0.717) is 22.2 Å². The van der Waals surface area contributed by atoms with Crippen LogP contribution in [0.3, 0.4) is 0 Å². The Morgan fingerprint density at radius 2 is 1.76 bits per heavy atom. The van der Waals surface area contributed by atoms with Crippen LogP contribution >= 0.6 is 11.8 Å². The van der Waals surface area contributed by atoms with Gasteiger partial charge in [0, 0.05) is 22.7 Å². The second-order valence-corrected chi connectivity index (χ2v) is 7.81. The number of aryl methyl sites for hydroxylation is 3. The molecule has 7 heteroatoms. The number of para-hydroxylation sites is 1. The van der Waals surface area contributed by atoms with Crippen LogP contribution in [0.25, 0.3) is 0 Å². The minimum absolute atomic E-state index is 0.0507. The van der Waals surface area contributed by atoms with Gasteiger partial charge in [-0.3, -0.25) is 9.59 Å². The van der Waals surface area contributed by atoms with Crippen molar-refractivity contribution in [2.45, 2.75) is 38.1 Å². The van der Waals surface area contributed by atoms with E-state index in [1.165, 1.54) is 23.9 Å². The second kappa shape index (κ2) is 9.05. The summed E-state index contributed by atoms with van der Waals surface area (Å²) in [6, 6.07) is 12.0. The zero-order valence-electron chi connectivity index (χ0n) is 16.5. The first-order valence-corrected chi connectivity index (χ1v) is 10.1. The lowest BCUT2D eigenvalue weighted by molar-refractivity contribution is -0.115. The van der Waals surface area contributed by atoms with Gasteiger partial charge < -0.3 is 10.3 Å². The Morgan fingerprint density at radius 3 is 2.38 bits per heavy atom. The number of hydrogen-bond donors (Lipinski definition) is 2. The topological polar surface area (TPSA) is 74.8 Å². The van der Waals surface area contributed by atoms with E-state index in [0.717, 1.165) is 22.4 Å². The van der Waals surface area contributed by atoms with E-state index in [2.05, 4.69) is 15.3 Å². The summed E-state index contributed by atoms with van der Waals surface area (Å²) in [6.45, 7) is 5.57. The number of amides is 1. The number of halogens is 1. The predicted molar refractivity (Wildman–Crippen MR) is 114 cm³/mol. The summed E-state index contributed by atoms with van der Waals surface area (Å²) in [5.74, 6) is 0.00358. The molecule has 150 valence electrons. The maximum Gasteiger partial charge on any atom is 0.255 e. The Balaban J connectivity index is 1.69. The Morgan fingerprint density at radius 1 is 1.10 bits per heavy atom. The third kappa shape index (κ3) is 5.32. The van der Waals surface area contributed by atoms with E-state index < -0.39 is 0 Å². The van der Waals surface area contributed by atoms with Crippen molar-refractivity contribution >= 4 is 23.4 Å². The van der Waals surface area contributed by atoms with Gasteiger partial charge in [0.15, 0.2) is 5.16 Å². The number of thioether (sulfide) groups is 1. The Hall–Kier alpha value is -2.93. The number of anilines is 1. The van der Waals surface area contributed by atoms with Crippen molar-refractivity contribution in [2.24, 2.45) is 0 Å². The SMILES string of the molecule is Cc1cccc(C)c1NC(=O)Cc1c(C)nc(SCc2ccc(F)cc2)[nH]c1=O. The molecule has 0 radical (unpaired) electrons. The smallest absolute Gasteiger partial charge is 0.255 e. The highest BCUT2D eigenvalue weighted by molar-refractivity contribution is 7.98. The largest absolute Gasteiger partial charge is 0.325 e. The molecule has 1 heterocycles. The molecule has 0 fully saturated rings. The number of aromatic nitrogens is 2. The van der Waals surface area contributed by atoms with Crippen LogP contribution in [0.2, 0.25) is 0 Å². The van der Waals surface area contributed by atoms with Gasteiger partial charge in [0.05, 0.1) is 6.42 Å². The third-order valence-electron chi connectivity index (χ3n) is 4.57. The van der Waals surface area contributed by atoms with E-state index >= 15 is 0 Å². The number of carbonyl (C=O) groups is 1. The van der Waals surface area contributed by atoms with E-state index in [9.17, 15) is 14.0 Å². The average molecular weight is 412 g/mol. The van der Waals surface area contributed by atoms with Crippen molar-refractivity contribution in [3.63, 3.8) is 0 Å². The molecule has 0 saturated carbocycles. The average Bonchev–Trinajstić information content (AvgIpc) is 2.67.